The third-order valence-corrected chi connectivity index (χ3v) is 4.25. The molecule has 1 heterocycles. The van der Waals surface area contributed by atoms with Crippen molar-refractivity contribution in [3.63, 3.8) is 0 Å². The van der Waals surface area contributed by atoms with Crippen LogP contribution in [-0.4, -0.2) is 31.1 Å². The summed E-state index contributed by atoms with van der Waals surface area (Å²) >= 11 is 0. The first-order valence-electron chi connectivity index (χ1n) is 7.95. The van der Waals surface area contributed by atoms with Gasteiger partial charge in [0.05, 0.1) is 0 Å². The Labute approximate surface area is 157 Å². The van der Waals surface area contributed by atoms with Gasteiger partial charge in [0.1, 0.15) is 0 Å². The molecule has 1 aliphatic rings. The van der Waals surface area contributed by atoms with Crippen molar-refractivity contribution < 1.29 is 22.0 Å². The number of halogens is 7. The van der Waals surface area contributed by atoms with E-state index < -0.39 is 40.7 Å². The first-order valence-corrected chi connectivity index (χ1v) is 7.95. The molecule has 1 aromatic rings. The monoisotopic (exact) mass is 408 g/mol. The van der Waals surface area contributed by atoms with E-state index in [1.807, 2.05) is 6.92 Å². The van der Waals surface area contributed by atoms with Crippen LogP contribution in [-0.2, 0) is 0 Å². The molecule has 0 saturated carbocycles. The van der Waals surface area contributed by atoms with Gasteiger partial charge < -0.3 is 5.32 Å². The van der Waals surface area contributed by atoms with Crippen LogP contribution in [0.1, 0.15) is 44.2 Å². The second-order valence-corrected chi connectivity index (χ2v) is 5.78. The molecule has 1 atom stereocenters. The molecule has 2 nitrogen and oxygen atoms in total. The van der Waals surface area contributed by atoms with Crippen molar-refractivity contribution in [2.45, 2.75) is 38.6 Å². The molecular weight excluding hydrogens is 386 g/mol. The third-order valence-electron chi connectivity index (χ3n) is 4.25. The second kappa shape index (κ2) is 11.2. The molecule has 0 amide bonds. The summed E-state index contributed by atoms with van der Waals surface area (Å²) in [7, 11) is 0. The van der Waals surface area contributed by atoms with Crippen LogP contribution >= 0.6 is 24.8 Å². The minimum Gasteiger partial charge on any atom is -0.314 e. The Kier molecular flexibility index (Phi) is 10.9. The molecule has 0 spiro atoms. The van der Waals surface area contributed by atoms with Crippen molar-refractivity contribution in [2.24, 2.45) is 0 Å². The van der Waals surface area contributed by atoms with Crippen LogP contribution < -0.4 is 5.32 Å². The zero-order valence-corrected chi connectivity index (χ0v) is 15.5. The number of nitrogens with zero attached hydrogens (tertiary/aromatic N) is 1. The number of rotatable bonds is 6. The van der Waals surface area contributed by atoms with Crippen LogP contribution in [0.5, 0.6) is 0 Å². The minimum atomic E-state index is -2.10. The number of unbranched alkanes of at least 4 members (excludes halogenated alkanes) is 2. The van der Waals surface area contributed by atoms with E-state index in [9.17, 15) is 22.0 Å². The zero-order chi connectivity index (χ0) is 17.0. The average molecular weight is 409 g/mol. The largest absolute Gasteiger partial charge is 0.314 e. The lowest BCUT2D eigenvalue weighted by atomic mass is 9.96. The molecule has 0 bridgehead atoms. The van der Waals surface area contributed by atoms with E-state index in [1.165, 1.54) is 0 Å². The molecule has 0 aliphatic carbocycles. The maximum atomic E-state index is 14.2. The zero-order valence-electron chi connectivity index (χ0n) is 13.9. The van der Waals surface area contributed by atoms with E-state index >= 15 is 0 Å². The van der Waals surface area contributed by atoms with Gasteiger partial charge in [-0.3, -0.25) is 4.90 Å². The fourth-order valence-corrected chi connectivity index (χ4v) is 3.01. The van der Waals surface area contributed by atoms with Crippen LogP contribution in [0.4, 0.5) is 22.0 Å². The van der Waals surface area contributed by atoms with Crippen molar-refractivity contribution in [3.8, 4) is 0 Å². The highest BCUT2D eigenvalue weighted by molar-refractivity contribution is 5.85. The lowest BCUT2D eigenvalue weighted by molar-refractivity contribution is 0.153. The van der Waals surface area contributed by atoms with E-state index in [0.717, 1.165) is 12.8 Å². The highest BCUT2D eigenvalue weighted by Gasteiger charge is 2.33. The molecule has 1 saturated heterocycles. The van der Waals surface area contributed by atoms with Gasteiger partial charge in [-0.1, -0.05) is 26.2 Å². The number of hydrogen-bond acceptors (Lipinski definition) is 2. The molecule has 2 rings (SSSR count). The average Bonchev–Trinajstić information content (AvgIpc) is 2.58. The van der Waals surface area contributed by atoms with E-state index in [-0.39, 0.29) is 24.8 Å². The van der Waals surface area contributed by atoms with E-state index in [4.69, 9.17) is 0 Å². The van der Waals surface area contributed by atoms with Gasteiger partial charge in [0.25, 0.3) is 0 Å². The number of benzene rings is 1. The Balaban J connectivity index is 0.00000288. The normalized spacial score (nSPS) is 16.1. The van der Waals surface area contributed by atoms with E-state index in [0.29, 0.717) is 39.0 Å². The van der Waals surface area contributed by atoms with Crippen molar-refractivity contribution in [3.05, 3.63) is 34.6 Å². The minimum absolute atomic E-state index is 0. The van der Waals surface area contributed by atoms with Crippen molar-refractivity contribution >= 4 is 24.8 Å². The van der Waals surface area contributed by atoms with Gasteiger partial charge in [-0.05, 0) is 6.42 Å². The van der Waals surface area contributed by atoms with Crippen LogP contribution in [0.3, 0.4) is 0 Å². The molecule has 9 heteroatoms. The summed E-state index contributed by atoms with van der Waals surface area (Å²) in [6.07, 6.45) is 2.79. The van der Waals surface area contributed by atoms with Gasteiger partial charge in [-0.15, -0.1) is 24.8 Å². The maximum absolute atomic E-state index is 14.2. The van der Waals surface area contributed by atoms with E-state index in [1.54, 1.807) is 4.90 Å². The van der Waals surface area contributed by atoms with Crippen molar-refractivity contribution in [1.82, 2.24) is 10.2 Å². The Bertz CT molecular complexity index is 525. The first kappa shape index (κ1) is 24.4. The van der Waals surface area contributed by atoms with Crippen LogP contribution in [0.2, 0.25) is 0 Å². The van der Waals surface area contributed by atoms with Crippen LogP contribution in [0.15, 0.2) is 0 Å². The Morgan fingerprint density at radius 2 is 1.32 bits per heavy atom. The molecule has 0 unspecified atom stereocenters. The molecular formula is C16H23Cl2F5N2. The van der Waals surface area contributed by atoms with Gasteiger partial charge in [0.2, 0.25) is 5.82 Å². The molecule has 25 heavy (non-hydrogen) atoms. The fourth-order valence-electron chi connectivity index (χ4n) is 3.01. The summed E-state index contributed by atoms with van der Waals surface area (Å²) < 4.78 is 68.6. The Hall–Kier alpha value is -0.630. The van der Waals surface area contributed by atoms with Crippen LogP contribution in [0.25, 0.3) is 0 Å². The number of piperazine rings is 1. The number of nitrogens with one attached hydrogen (secondary N) is 1. The van der Waals surface area contributed by atoms with Gasteiger partial charge in [0, 0.05) is 37.8 Å². The highest BCUT2D eigenvalue weighted by Crippen LogP contribution is 2.34. The van der Waals surface area contributed by atoms with Crippen LogP contribution in [0, 0.1) is 29.1 Å². The SMILES string of the molecule is CCCCC[C@@H](c1c(F)c(F)c(F)c(F)c1F)N1CCNCC1.Cl.Cl. The Morgan fingerprint density at radius 3 is 1.80 bits per heavy atom. The quantitative estimate of drug-likeness (QED) is 0.316. The molecule has 1 aliphatic heterocycles. The molecule has 146 valence electrons. The van der Waals surface area contributed by atoms with Crippen molar-refractivity contribution in [1.29, 1.82) is 0 Å². The second-order valence-electron chi connectivity index (χ2n) is 5.78. The fraction of sp³-hybridized carbons (Fsp3) is 0.625. The predicted octanol–water partition coefficient (Wildman–Crippen LogP) is 4.75. The smallest absolute Gasteiger partial charge is 0.200 e. The molecule has 0 radical (unpaired) electrons. The summed E-state index contributed by atoms with van der Waals surface area (Å²) in [5.74, 6) is -9.25. The lowest BCUT2D eigenvalue weighted by Gasteiger charge is -2.35. The van der Waals surface area contributed by atoms with Gasteiger partial charge in [0.15, 0.2) is 23.3 Å². The van der Waals surface area contributed by atoms with Gasteiger partial charge in [-0.2, -0.15) is 0 Å². The molecule has 0 aromatic heterocycles. The van der Waals surface area contributed by atoms with Gasteiger partial charge in [-0.25, -0.2) is 22.0 Å². The molecule has 1 fully saturated rings. The standard InChI is InChI=1S/C16H21F5N2.2ClH/c1-2-3-4-5-10(23-8-6-22-7-9-23)11-12(17)14(19)16(21)15(20)13(11)18;;/h10,22H,2-9H2,1H3;2*1H/t10-;;/m0../s1. The summed E-state index contributed by atoms with van der Waals surface area (Å²) in [4.78, 5) is 1.80. The lowest BCUT2D eigenvalue weighted by Crippen LogP contribution is -2.45. The molecule has 1 N–H and O–H groups in total. The topological polar surface area (TPSA) is 15.3 Å². The summed E-state index contributed by atoms with van der Waals surface area (Å²) in [6, 6.07) is -0.798. The highest BCUT2D eigenvalue weighted by atomic mass is 35.5. The summed E-state index contributed by atoms with van der Waals surface area (Å²) in [5.41, 5.74) is -0.695. The molecule has 1 aromatic carbocycles. The first-order chi connectivity index (χ1) is 11.0. The summed E-state index contributed by atoms with van der Waals surface area (Å²) in [5, 5.41) is 3.11. The maximum Gasteiger partial charge on any atom is 0.200 e. The van der Waals surface area contributed by atoms with Gasteiger partial charge >= 0.3 is 0 Å². The predicted molar refractivity (Wildman–Crippen MR) is 92.1 cm³/mol. The third kappa shape index (κ3) is 5.42. The van der Waals surface area contributed by atoms with Crippen molar-refractivity contribution in [2.75, 3.05) is 26.2 Å². The Morgan fingerprint density at radius 1 is 0.840 bits per heavy atom. The van der Waals surface area contributed by atoms with E-state index in [2.05, 4.69) is 5.32 Å². The number of hydrogen-bond donors (Lipinski definition) is 1. The summed E-state index contributed by atoms with van der Waals surface area (Å²) in [6.45, 7) is 4.25.